The average Bonchev–Trinajstić information content (AvgIpc) is 2.36. The minimum Gasteiger partial charge on any atom is -0.482 e. The molecule has 18 heavy (non-hydrogen) atoms. The Hall–Kier alpha value is -1.75. The van der Waals surface area contributed by atoms with Gasteiger partial charge in [-0.25, -0.2) is 0 Å². The Morgan fingerprint density at radius 2 is 2.22 bits per heavy atom. The highest BCUT2D eigenvalue weighted by Crippen LogP contribution is 2.33. The number of amides is 1. The predicted molar refractivity (Wildman–Crippen MR) is 72.1 cm³/mol. The summed E-state index contributed by atoms with van der Waals surface area (Å²) in [4.78, 5) is 13.4. The fourth-order valence-corrected chi connectivity index (χ4v) is 1.77. The molecule has 0 atom stereocenters. The van der Waals surface area contributed by atoms with Crippen LogP contribution in [0.15, 0.2) is 18.2 Å². The lowest BCUT2D eigenvalue weighted by atomic mass is 10.0. The van der Waals surface area contributed by atoms with Gasteiger partial charge in [-0.05, 0) is 32.0 Å². The van der Waals surface area contributed by atoms with Crippen LogP contribution >= 0.6 is 0 Å². The lowest BCUT2D eigenvalue weighted by Gasteiger charge is -2.37. The molecular formula is C13H19N3O2. The molecule has 1 aliphatic heterocycles. The fourth-order valence-electron chi connectivity index (χ4n) is 1.77. The average molecular weight is 249 g/mol. The quantitative estimate of drug-likeness (QED) is 0.844. The number of carbonyl (C=O) groups is 1. The third kappa shape index (κ3) is 2.26. The topological polar surface area (TPSA) is 67.6 Å². The molecule has 2 rings (SSSR count). The van der Waals surface area contributed by atoms with Gasteiger partial charge in [0.25, 0.3) is 5.91 Å². The van der Waals surface area contributed by atoms with E-state index in [0.29, 0.717) is 18.0 Å². The van der Waals surface area contributed by atoms with Gasteiger partial charge >= 0.3 is 0 Å². The number of benzene rings is 1. The van der Waals surface area contributed by atoms with Gasteiger partial charge in [0, 0.05) is 24.8 Å². The summed E-state index contributed by atoms with van der Waals surface area (Å²) < 4.78 is 5.33. The molecule has 1 aliphatic rings. The molecule has 0 aromatic heterocycles. The number of likely N-dealkylation sites (N-methyl/N-ethyl adjacent to an activating group) is 1. The first kappa shape index (κ1) is 12.7. The molecule has 0 spiro atoms. The number of carbonyl (C=O) groups excluding carboxylic acids is 1. The van der Waals surface area contributed by atoms with Crippen LogP contribution in [0.3, 0.4) is 0 Å². The summed E-state index contributed by atoms with van der Waals surface area (Å²) in [6.45, 7) is 4.77. The Morgan fingerprint density at radius 3 is 2.89 bits per heavy atom. The van der Waals surface area contributed by atoms with Crippen LogP contribution in [0.25, 0.3) is 0 Å². The molecule has 0 fully saturated rings. The van der Waals surface area contributed by atoms with E-state index >= 15 is 0 Å². The van der Waals surface area contributed by atoms with Crippen molar-refractivity contribution in [1.29, 1.82) is 0 Å². The van der Waals surface area contributed by atoms with Crippen molar-refractivity contribution >= 4 is 17.3 Å². The maximum Gasteiger partial charge on any atom is 0.262 e. The lowest BCUT2D eigenvalue weighted by Crippen LogP contribution is -2.47. The molecule has 5 nitrogen and oxygen atoms in total. The van der Waals surface area contributed by atoms with Crippen LogP contribution in [0.5, 0.6) is 5.75 Å². The molecule has 1 amide bonds. The van der Waals surface area contributed by atoms with Gasteiger partial charge < -0.3 is 20.7 Å². The molecule has 0 radical (unpaired) electrons. The molecule has 0 saturated heterocycles. The highest BCUT2D eigenvalue weighted by molar-refractivity contribution is 5.96. The molecule has 98 valence electrons. The highest BCUT2D eigenvalue weighted by atomic mass is 16.5. The smallest absolute Gasteiger partial charge is 0.262 e. The Kier molecular flexibility index (Phi) is 3.17. The molecule has 0 saturated carbocycles. The molecule has 1 aromatic carbocycles. The van der Waals surface area contributed by atoms with Crippen LogP contribution < -0.4 is 20.7 Å². The van der Waals surface area contributed by atoms with E-state index in [2.05, 4.69) is 24.1 Å². The number of nitrogens with one attached hydrogen (secondary N) is 1. The second-order valence-corrected chi connectivity index (χ2v) is 5.09. The first-order valence-corrected chi connectivity index (χ1v) is 5.94. The summed E-state index contributed by atoms with van der Waals surface area (Å²) in [7, 11) is 1.99. The Labute approximate surface area is 107 Å². The first-order valence-electron chi connectivity index (χ1n) is 5.94. The number of nitrogens with two attached hydrogens (primary N) is 1. The van der Waals surface area contributed by atoms with Crippen molar-refractivity contribution in [2.45, 2.75) is 19.4 Å². The predicted octanol–water partition coefficient (Wildman–Crippen LogP) is 1.19. The molecule has 5 heteroatoms. The number of ether oxygens (including phenoxy) is 1. The summed E-state index contributed by atoms with van der Waals surface area (Å²) in [6, 6.07) is 5.74. The largest absolute Gasteiger partial charge is 0.482 e. The van der Waals surface area contributed by atoms with E-state index in [-0.39, 0.29) is 18.1 Å². The second kappa shape index (κ2) is 4.49. The van der Waals surface area contributed by atoms with Gasteiger partial charge in [-0.2, -0.15) is 0 Å². The zero-order valence-electron chi connectivity index (χ0n) is 11.0. The third-order valence-corrected chi connectivity index (χ3v) is 3.39. The van der Waals surface area contributed by atoms with E-state index in [9.17, 15) is 4.79 Å². The van der Waals surface area contributed by atoms with Crippen molar-refractivity contribution in [3.8, 4) is 5.75 Å². The third-order valence-electron chi connectivity index (χ3n) is 3.39. The van der Waals surface area contributed by atoms with Gasteiger partial charge in [-0.15, -0.1) is 0 Å². The standard InChI is InChI=1S/C13H19N3O2/c1-13(2,8-14)16(3)9-4-5-11-10(6-9)15-12(17)7-18-11/h4-6H,7-8,14H2,1-3H3,(H,15,17). The van der Waals surface area contributed by atoms with Crippen molar-refractivity contribution in [2.75, 3.05) is 30.4 Å². The summed E-state index contributed by atoms with van der Waals surface area (Å²) in [5.41, 5.74) is 7.33. The monoisotopic (exact) mass is 249 g/mol. The molecule has 0 bridgehead atoms. The van der Waals surface area contributed by atoms with Crippen LogP contribution in [0.4, 0.5) is 11.4 Å². The minimum atomic E-state index is -0.145. The number of fused-ring (bicyclic) bond motifs is 1. The number of hydrogen-bond acceptors (Lipinski definition) is 4. The number of nitrogens with zero attached hydrogens (tertiary/aromatic N) is 1. The van der Waals surface area contributed by atoms with Crippen LogP contribution in [0.2, 0.25) is 0 Å². The molecule has 0 aliphatic carbocycles. The van der Waals surface area contributed by atoms with E-state index < -0.39 is 0 Å². The normalized spacial score (nSPS) is 14.6. The van der Waals surface area contributed by atoms with E-state index in [1.54, 1.807) is 0 Å². The van der Waals surface area contributed by atoms with Crippen molar-refractivity contribution in [1.82, 2.24) is 0 Å². The van der Waals surface area contributed by atoms with Gasteiger partial charge in [-0.3, -0.25) is 4.79 Å². The van der Waals surface area contributed by atoms with Crippen LogP contribution in [-0.2, 0) is 4.79 Å². The Balaban J connectivity index is 2.31. The molecular weight excluding hydrogens is 230 g/mol. The molecule has 1 heterocycles. The lowest BCUT2D eigenvalue weighted by molar-refractivity contribution is -0.118. The Bertz CT molecular complexity index is 471. The SMILES string of the molecule is CN(c1ccc2c(c1)NC(=O)CO2)C(C)(C)CN. The minimum absolute atomic E-state index is 0.0798. The Morgan fingerprint density at radius 1 is 1.50 bits per heavy atom. The zero-order chi connectivity index (χ0) is 13.3. The second-order valence-electron chi connectivity index (χ2n) is 5.09. The van der Waals surface area contributed by atoms with Crippen molar-refractivity contribution < 1.29 is 9.53 Å². The summed E-state index contributed by atoms with van der Waals surface area (Å²) >= 11 is 0. The number of anilines is 2. The first-order chi connectivity index (χ1) is 8.44. The maximum atomic E-state index is 11.3. The van der Waals surface area contributed by atoms with E-state index in [1.807, 2.05) is 25.2 Å². The number of hydrogen-bond donors (Lipinski definition) is 2. The van der Waals surface area contributed by atoms with Gasteiger partial charge in [0.2, 0.25) is 0 Å². The van der Waals surface area contributed by atoms with Crippen LogP contribution in [-0.4, -0.2) is 31.6 Å². The van der Waals surface area contributed by atoms with E-state index in [4.69, 9.17) is 10.5 Å². The zero-order valence-corrected chi connectivity index (χ0v) is 11.0. The van der Waals surface area contributed by atoms with Crippen molar-refractivity contribution in [3.05, 3.63) is 18.2 Å². The summed E-state index contributed by atoms with van der Waals surface area (Å²) in [5, 5.41) is 2.80. The van der Waals surface area contributed by atoms with Crippen molar-refractivity contribution in [3.63, 3.8) is 0 Å². The van der Waals surface area contributed by atoms with E-state index in [1.165, 1.54) is 0 Å². The fraction of sp³-hybridized carbons (Fsp3) is 0.462. The molecule has 1 aromatic rings. The van der Waals surface area contributed by atoms with Gasteiger partial charge in [0.05, 0.1) is 5.69 Å². The summed E-state index contributed by atoms with van der Waals surface area (Å²) in [6.07, 6.45) is 0. The number of rotatable bonds is 3. The van der Waals surface area contributed by atoms with Gasteiger partial charge in [-0.1, -0.05) is 0 Å². The van der Waals surface area contributed by atoms with Gasteiger partial charge in [0.1, 0.15) is 5.75 Å². The van der Waals surface area contributed by atoms with Crippen LogP contribution in [0, 0.1) is 0 Å². The molecule has 0 unspecified atom stereocenters. The van der Waals surface area contributed by atoms with E-state index in [0.717, 1.165) is 5.69 Å². The highest BCUT2D eigenvalue weighted by Gasteiger charge is 2.24. The maximum absolute atomic E-state index is 11.3. The summed E-state index contributed by atoms with van der Waals surface area (Å²) in [5.74, 6) is 0.581. The van der Waals surface area contributed by atoms with Gasteiger partial charge in [0.15, 0.2) is 6.61 Å². The molecule has 3 N–H and O–H groups in total. The van der Waals surface area contributed by atoms with Crippen LogP contribution in [0.1, 0.15) is 13.8 Å². The van der Waals surface area contributed by atoms with Crippen molar-refractivity contribution in [2.24, 2.45) is 5.73 Å².